The highest BCUT2D eigenvalue weighted by Crippen LogP contribution is 2.24. The number of hydrogen-bond donors (Lipinski definition) is 0. The Morgan fingerprint density at radius 2 is 1.81 bits per heavy atom. The van der Waals surface area contributed by atoms with Crippen molar-refractivity contribution in [2.24, 2.45) is 5.92 Å². The predicted molar refractivity (Wildman–Crippen MR) is 103 cm³/mol. The molecule has 1 aliphatic rings. The summed E-state index contributed by atoms with van der Waals surface area (Å²) in [5.41, 5.74) is 1.45. The van der Waals surface area contributed by atoms with Gasteiger partial charge >= 0.3 is 0 Å². The molecule has 0 radical (unpaired) electrons. The quantitative estimate of drug-likeness (QED) is 0.762. The number of carbonyl (C=O) groups excluding carboxylic acids is 1. The Morgan fingerprint density at radius 3 is 2.44 bits per heavy atom. The summed E-state index contributed by atoms with van der Waals surface area (Å²) in [6.07, 6.45) is 0.966. The number of nitrogens with zero attached hydrogens (tertiary/aromatic N) is 1. The van der Waals surface area contributed by atoms with E-state index in [2.05, 4.69) is 0 Å². The molecule has 0 spiro atoms. The monoisotopic (exact) mass is 389 g/mol. The average molecular weight is 389 g/mol. The van der Waals surface area contributed by atoms with Gasteiger partial charge < -0.3 is 4.90 Å². The zero-order valence-corrected chi connectivity index (χ0v) is 16.2. The lowest BCUT2D eigenvalue weighted by Crippen LogP contribution is -2.43. The molecule has 3 rings (SSSR count). The van der Waals surface area contributed by atoms with Gasteiger partial charge in [0.1, 0.15) is 5.82 Å². The van der Waals surface area contributed by atoms with Gasteiger partial charge in [-0.1, -0.05) is 55.5 Å². The van der Waals surface area contributed by atoms with Gasteiger partial charge in [0.25, 0.3) is 0 Å². The first-order valence-corrected chi connectivity index (χ1v) is 11.0. The number of hydrogen-bond acceptors (Lipinski definition) is 3. The van der Waals surface area contributed by atoms with Crippen LogP contribution in [0.4, 0.5) is 4.39 Å². The van der Waals surface area contributed by atoms with Crippen LogP contribution in [0, 0.1) is 11.7 Å². The van der Waals surface area contributed by atoms with Crippen LogP contribution in [-0.4, -0.2) is 36.8 Å². The van der Waals surface area contributed by atoms with Crippen molar-refractivity contribution < 1.29 is 17.6 Å². The molecule has 2 unspecified atom stereocenters. The van der Waals surface area contributed by atoms with E-state index in [0.29, 0.717) is 18.4 Å². The summed E-state index contributed by atoms with van der Waals surface area (Å²) in [5.74, 6) is -0.810. The smallest absolute Gasteiger partial charge is 0.226 e. The van der Waals surface area contributed by atoms with Crippen LogP contribution in [0.1, 0.15) is 24.5 Å². The molecule has 0 N–H and O–H groups in total. The molecule has 2 aromatic carbocycles. The van der Waals surface area contributed by atoms with Crippen molar-refractivity contribution in [3.63, 3.8) is 0 Å². The van der Waals surface area contributed by atoms with Gasteiger partial charge in [0.2, 0.25) is 5.91 Å². The van der Waals surface area contributed by atoms with E-state index in [0.717, 1.165) is 5.56 Å². The van der Waals surface area contributed by atoms with Crippen LogP contribution in [0.3, 0.4) is 0 Å². The Morgan fingerprint density at radius 1 is 1.15 bits per heavy atom. The van der Waals surface area contributed by atoms with Crippen LogP contribution in [0.2, 0.25) is 0 Å². The van der Waals surface area contributed by atoms with Crippen LogP contribution in [0.15, 0.2) is 54.6 Å². The van der Waals surface area contributed by atoms with Gasteiger partial charge in [-0.25, -0.2) is 12.8 Å². The Labute approximate surface area is 159 Å². The summed E-state index contributed by atoms with van der Waals surface area (Å²) in [6, 6.07) is 15.6. The molecule has 0 bridgehead atoms. The van der Waals surface area contributed by atoms with Crippen molar-refractivity contribution in [1.29, 1.82) is 0 Å². The molecule has 6 heteroatoms. The average Bonchev–Trinajstić information content (AvgIpc) is 3.01. The SMILES string of the molecule is CC(Cc1ccccc1)C(=O)N(Cc1ccccc1F)C1CCS(=O)(=O)C1. The molecule has 1 aliphatic heterocycles. The van der Waals surface area contributed by atoms with Crippen LogP contribution >= 0.6 is 0 Å². The van der Waals surface area contributed by atoms with E-state index in [4.69, 9.17) is 0 Å². The topological polar surface area (TPSA) is 54.5 Å². The largest absolute Gasteiger partial charge is 0.334 e. The minimum absolute atomic E-state index is 0.0503. The number of sulfone groups is 1. The summed E-state index contributed by atoms with van der Waals surface area (Å²) < 4.78 is 38.0. The molecule has 144 valence electrons. The molecule has 0 aliphatic carbocycles. The molecule has 1 amide bonds. The van der Waals surface area contributed by atoms with E-state index in [1.54, 1.807) is 23.1 Å². The van der Waals surface area contributed by atoms with Crippen LogP contribution in [0.5, 0.6) is 0 Å². The van der Waals surface area contributed by atoms with Crippen molar-refractivity contribution in [3.05, 3.63) is 71.5 Å². The minimum Gasteiger partial charge on any atom is -0.334 e. The van der Waals surface area contributed by atoms with Crippen LogP contribution in [0.25, 0.3) is 0 Å². The summed E-state index contributed by atoms with van der Waals surface area (Å²) in [6.45, 7) is 1.93. The maximum atomic E-state index is 14.1. The maximum absolute atomic E-state index is 14.1. The lowest BCUT2D eigenvalue weighted by Gasteiger charge is -2.31. The Balaban J connectivity index is 1.82. The second-order valence-electron chi connectivity index (χ2n) is 7.21. The molecule has 4 nitrogen and oxygen atoms in total. The van der Waals surface area contributed by atoms with Crippen LogP contribution in [-0.2, 0) is 27.6 Å². The second-order valence-corrected chi connectivity index (χ2v) is 9.43. The van der Waals surface area contributed by atoms with Gasteiger partial charge in [0.15, 0.2) is 9.84 Å². The van der Waals surface area contributed by atoms with Gasteiger partial charge in [0, 0.05) is 24.1 Å². The van der Waals surface area contributed by atoms with Gasteiger partial charge in [-0.3, -0.25) is 4.79 Å². The Bertz CT molecular complexity index is 899. The zero-order valence-electron chi connectivity index (χ0n) is 15.3. The fourth-order valence-corrected chi connectivity index (χ4v) is 5.29. The first-order valence-electron chi connectivity index (χ1n) is 9.14. The highest BCUT2D eigenvalue weighted by atomic mass is 32.2. The van der Waals surface area contributed by atoms with Crippen molar-refractivity contribution in [2.75, 3.05) is 11.5 Å². The van der Waals surface area contributed by atoms with Gasteiger partial charge in [-0.15, -0.1) is 0 Å². The van der Waals surface area contributed by atoms with Gasteiger partial charge in [-0.2, -0.15) is 0 Å². The maximum Gasteiger partial charge on any atom is 0.226 e. The standard InChI is InChI=1S/C21H24FNO3S/c1-16(13-17-7-3-2-4-8-17)21(24)23(19-11-12-27(25,26)15-19)14-18-9-5-6-10-20(18)22/h2-10,16,19H,11-15H2,1H3. The fourth-order valence-electron chi connectivity index (χ4n) is 3.56. The fraction of sp³-hybridized carbons (Fsp3) is 0.381. The van der Waals surface area contributed by atoms with Crippen molar-refractivity contribution >= 4 is 15.7 Å². The highest BCUT2D eigenvalue weighted by Gasteiger charge is 2.36. The third kappa shape index (κ3) is 4.95. The molecule has 1 fully saturated rings. The molecule has 0 aromatic heterocycles. The molecule has 2 aromatic rings. The van der Waals surface area contributed by atoms with Crippen LogP contribution < -0.4 is 0 Å². The number of carbonyl (C=O) groups is 1. The number of benzene rings is 2. The third-order valence-electron chi connectivity index (χ3n) is 5.04. The lowest BCUT2D eigenvalue weighted by atomic mass is 9.98. The molecule has 2 atom stereocenters. The van der Waals surface area contributed by atoms with E-state index in [9.17, 15) is 17.6 Å². The van der Waals surface area contributed by atoms with E-state index >= 15 is 0 Å². The highest BCUT2D eigenvalue weighted by molar-refractivity contribution is 7.91. The van der Waals surface area contributed by atoms with E-state index in [1.165, 1.54) is 6.07 Å². The Hall–Kier alpha value is -2.21. The molecular formula is C21H24FNO3S. The second kappa shape index (κ2) is 8.21. The lowest BCUT2D eigenvalue weighted by molar-refractivity contribution is -0.137. The number of amides is 1. The summed E-state index contributed by atoms with van der Waals surface area (Å²) >= 11 is 0. The van der Waals surface area contributed by atoms with Crippen molar-refractivity contribution in [1.82, 2.24) is 4.90 Å². The van der Waals surface area contributed by atoms with Crippen molar-refractivity contribution in [3.8, 4) is 0 Å². The molecule has 0 saturated carbocycles. The number of halogens is 1. The summed E-state index contributed by atoms with van der Waals surface area (Å²) in [4.78, 5) is 14.7. The molecular weight excluding hydrogens is 365 g/mol. The van der Waals surface area contributed by atoms with E-state index < -0.39 is 15.9 Å². The first-order chi connectivity index (χ1) is 12.9. The summed E-state index contributed by atoms with van der Waals surface area (Å²) in [7, 11) is -3.15. The molecule has 1 heterocycles. The molecule has 27 heavy (non-hydrogen) atoms. The molecule has 1 saturated heterocycles. The first kappa shape index (κ1) is 19.5. The predicted octanol–water partition coefficient (Wildman–Crippen LogP) is 3.22. The van der Waals surface area contributed by atoms with E-state index in [1.807, 2.05) is 37.3 Å². The third-order valence-corrected chi connectivity index (χ3v) is 6.79. The number of rotatable bonds is 6. The summed E-state index contributed by atoms with van der Waals surface area (Å²) in [5, 5.41) is 0. The zero-order chi connectivity index (χ0) is 19.4. The minimum atomic E-state index is -3.15. The normalized spacial score (nSPS) is 19.6. The van der Waals surface area contributed by atoms with Crippen molar-refractivity contribution in [2.45, 2.75) is 32.4 Å². The van der Waals surface area contributed by atoms with Gasteiger partial charge in [0.05, 0.1) is 11.5 Å². The Kier molecular flexibility index (Phi) is 5.95. The van der Waals surface area contributed by atoms with E-state index in [-0.39, 0.29) is 35.7 Å². The van der Waals surface area contributed by atoms with Gasteiger partial charge in [-0.05, 0) is 24.5 Å².